The monoisotopic (exact) mass is 346 g/mol. The molecule has 1 atom stereocenters. The number of carbonyl (C=O) groups excluding carboxylic acids is 2. The van der Waals surface area contributed by atoms with Gasteiger partial charge in [0.05, 0.1) is 30.7 Å². The number of rotatable bonds is 4. The summed E-state index contributed by atoms with van der Waals surface area (Å²) in [6.07, 6.45) is 0. The molecule has 0 N–H and O–H groups in total. The van der Waals surface area contributed by atoms with Gasteiger partial charge in [-0.15, -0.1) is 0 Å². The third-order valence-electron chi connectivity index (χ3n) is 3.90. The van der Waals surface area contributed by atoms with Gasteiger partial charge < -0.3 is 9.47 Å². The molecule has 1 aromatic carbocycles. The number of benzene rings is 1. The number of para-hydroxylation sites is 1. The van der Waals surface area contributed by atoms with E-state index in [1.807, 2.05) is 31.2 Å². The Labute approximate surface area is 144 Å². The fraction of sp³-hybridized carbons (Fsp3) is 0.353. The van der Waals surface area contributed by atoms with Gasteiger partial charge in [0.1, 0.15) is 11.8 Å². The van der Waals surface area contributed by atoms with Gasteiger partial charge in [-0.2, -0.15) is 0 Å². The van der Waals surface area contributed by atoms with Crippen molar-refractivity contribution >= 4 is 28.8 Å². The first kappa shape index (κ1) is 16.6. The maximum Gasteiger partial charge on any atom is 0.338 e. The molecule has 0 bridgehead atoms. The molecule has 1 amide bonds. The molecular formula is C17H18N2O4S. The predicted molar refractivity (Wildman–Crippen MR) is 91.8 cm³/mol. The second-order valence-electron chi connectivity index (χ2n) is 5.31. The summed E-state index contributed by atoms with van der Waals surface area (Å²) < 4.78 is 10.7. The van der Waals surface area contributed by atoms with Gasteiger partial charge in [-0.25, -0.2) is 9.79 Å². The number of hydrogen-bond donors (Lipinski definition) is 0. The molecule has 2 heterocycles. The number of amidine groups is 1. The molecule has 24 heavy (non-hydrogen) atoms. The van der Waals surface area contributed by atoms with E-state index in [1.54, 1.807) is 11.8 Å². The average molecular weight is 346 g/mol. The van der Waals surface area contributed by atoms with Crippen LogP contribution in [0.25, 0.3) is 0 Å². The first-order chi connectivity index (χ1) is 11.6. The van der Waals surface area contributed by atoms with Crippen molar-refractivity contribution in [2.24, 2.45) is 4.99 Å². The molecule has 7 heteroatoms. The minimum atomic E-state index is -0.588. The Morgan fingerprint density at radius 2 is 2.17 bits per heavy atom. The molecular weight excluding hydrogens is 328 g/mol. The largest absolute Gasteiger partial charge is 0.494 e. The van der Waals surface area contributed by atoms with Gasteiger partial charge in [0.15, 0.2) is 5.17 Å². The van der Waals surface area contributed by atoms with Gasteiger partial charge in [0, 0.05) is 5.56 Å². The number of carbonyl (C=O) groups is 2. The van der Waals surface area contributed by atoms with Crippen LogP contribution in [-0.4, -0.2) is 41.4 Å². The quantitative estimate of drug-likeness (QED) is 0.784. The number of methoxy groups -OCH3 is 1. The van der Waals surface area contributed by atoms with Crippen LogP contribution in [0.5, 0.6) is 5.75 Å². The zero-order valence-corrected chi connectivity index (χ0v) is 14.6. The van der Waals surface area contributed by atoms with E-state index in [-0.39, 0.29) is 5.91 Å². The maximum absolute atomic E-state index is 12.4. The lowest BCUT2D eigenvalue weighted by Crippen LogP contribution is -2.39. The highest BCUT2D eigenvalue weighted by molar-refractivity contribution is 8.15. The Hall–Kier alpha value is -2.28. The predicted octanol–water partition coefficient (Wildman–Crippen LogP) is 2.52. The van der Waals surface area contributed by atoms with Crippen LogP contribution in [0.2, 0.25) is 0 Å². The van der Waals surface area contributed by atoms with Crippen LogP contribution >= 0.6 is 11.8 Å². The number of fused-ring (bicyclic) bond motifs is 1. The van der Waals surface area contributed by atoms with E-state index in [9.17, 15) is 9.59 Å². The fourth-order valence-corrected chi connectivity index (χ4v) is 3.84. The summed E-state index contributed by atoms with van der Waals surface area (Å²) in [5.41, 5.74) is 1.68. The van der Waals surface area contributed by atoms with Crippen LogP contribution in [0.4, 0.5) is 0 Å². The molecule has 3 rings (SSSR count). The Morgan fingerprint density at radius 1 is 1.42 bits per heavy atom. The summed E-state index contributed by atoms with van der Waals surface area (Å²) >= 11 is 1.38. The van der Waals surface area contributed by atoms with Crippen molar-refractivity contribution in [1.82, 2.24) is 4.90 Å². The van der Waals surface area contributed by atoms with Crippen molar-refractivity contribution in [1.29, 1.82) is 0 Å². The van der Waals surface area contributed by atoms with Crippen LogP contribution in [0, 0.1) is 0 Å². The zero-order valence-electron chi connectivity index (χ0n) is 13.7. The molecule has 2 aliphatic rings. The Morgan fingerprint density at radius 3 is 2.88 bits per heavy atom. The summed E-state index contributed by atoms with van der Waals surface area (Å²) in [5, 5.41) is 0.612. The number of amides is 1. The Balaban J connectivity index is 2.19. The number of ether oxygens (including phenoxy) is 2. The van der Waals surface area contributed by atoms with E-state index in [1.165, 1.54) is 18.9 Å². The van der Waals surface area contributed by atoms with Crippen LogP contribution in [0.15, 0.2) is 40.5 Å². The highest BCUT2D eigenvalue weighted by atomic mass is 32.2. The average Bonchev–Trinajstić information content (AvgIpc) is 2.94. The third kappa shape index (κ3) is 2.69. The number of nitrogens with zero attached hydrogens (tertiary/aromatic N) is 2. The van der Waals surface area contributed by atoms with E-state index in [2.05, 4.69) is 4.99 Å². The Kier molecular flexibility index (Phi) is 4.62. The standard InChI is InChI=1S/C17H18N2O4S/c1-4-23-12-8-6-5-7-11(12)15-14(16(21)22-3)10(2)18-17-19(15)13(20)9-24-17/h5-8,15H,4,9H2,1-3H3/t15-/m0/s1. The molecule has 2 aliphatic heterocycles. The molecule has 6 nitrogen and oxygen atoms in total. The van der Waals surface area contributed by atoms with Crippen LogP contribution in [-0.2, 0) is 14.3 Å². The van der Waals surface area contributed by atoms with Gasteiger partial charge in [0.2, 0.25) is 5.91 Å². The first-order valence-electron chi connectivity index (χ1n) is 7.62. The lowest BCUT2D eigenvalue weighted by Gasteiger charge is -2.33. The summed E-state index contributed by atoms with van der Waals surface area (Å²) in [7, 11) is 1.33. The molecule has 0 aliphatic carbocycles. The van der Waals surface area contributed by atoms with Gasteiger partial charge in [-0.05, 0) is 19.9 Å². The number of hydrogen-bond acceptors (Lipinski definition) is 6. The molecule has 0 saturated carbocycles. The smallest absolute Gasteiger partial charge is 0.338 e. The van der Waals surface area contributed by atoms with Crippen molar-refractivity contribution in [3.63, 3.8) is 0 Å². The van der Waals surface area contributed by atoms with E-state index < -0.39 is 12.0 Å². The molecule has 1 fully saturated rings. The molecule has 1 aromatic rings. The summed E-state index contributed by atoms with van der Waals surface area (Å²) in [5.74, 6) is 0.388. The molecule has 0 radical (unpaired) electrons. The summed E-state index contributed by atoms with van der Waals surface area (Å²) in [6.45, 7) is 4.14. The van der Waals surface area contributed by atoms with Crippen LogP contribution < -0.4 is 4.74 Å². The van der Waals surface area contributed by atoms with Crippen LogP contribution in [0.1, 0.15) is 25.5 Å². The lowest BCUT2D eigenvalue weighted by molar-refractivity contribution is -0.137. The molecule has 126 valence electrons. The van der Waals surface area contributed by atoms with Crippen LogP contribution in [0.3, 0.4) is 0 Å². The van der Waals surface area contributed by atoms with Crippen molar-refractivity contribution in [2.75, 3.05) is 19.5 Å². The molecule has 1 saturated heterocycles. The van der Waals surface area contributed by atoms with Gasteiger partial charge in [0.25, 0.3) is 0 Å². The summed E-state index contributed by atoms with van der Waals surface area (Å²) in [6, 6.07) is 6.84. The van der Waals surface area contributed by atoms with E-state index in [0.717, 1.165) is 5.56 Å². The molecule has 0 aromatic heterocycles. The van der Waals surface area contributed by atoms with Gasteiger partial charge in [-0.1, -0.05) is 30.0 Å². The van der Waals surface area contributed by atoms with Crippen molar-refractivity contribution in [3.05, 3.63) is 41.1 Å². The van der Waals surface area contributed by atoms with Crippen molar-refractivity contribution in [2.45, 2.75) is 19.9 Å². The maximum atomic E-state index is 12.4. The number of esters is 1. The van der Waals surface area contributed by atoms with Crippen molar-refractivity contribution in [3.8, 4) is 5.75 Å². The van der Waals surface area contributed by atoms with E-state index in [0.29, 0.717) is 34.5 Å². The van der Waals surface area contributed by atoms with Gasteiger partial charge >= 0.3 is 5.97 Å². The van der Waals surface area contributed by atoms with E-state index >= 15 is 0 Å². The number of allylic oxidation sites excluding steroid dienone is 1. The summed E-state index contributed by atoms with van der Waals surface area (Å²) in [4.78, 5) is 30.8. The SMILES string of the molecule is CCOc1ccccc1[C@H]1C(C(=O)OC)=C(C)N=C2SCC(=O)N21. The van der Waals surface area contributed by atoms with Gasteiger partial charge in [-0.3, -0.25) is 9.69 Å². The number of thioether (sulfide) groups is 1. The third-order valence-corrected chi connectivity index (χ3v) is 4.84. The lowest BCUT2D eigenvalue weighted by atomic mass is 9.93. The molecule has 0 spiro atoms. The minimum Gasteiger partial charge on any atom is -0.494 e. The minimum absolute atomic E-state index is 0.0797. The second-order valence-corrected chi connectivity index (χ2v) is 6.25. The van der Waals surface area contributed by atoms with Crippen molar-refractivity contribution < 1.29 is 19.1 Å². The fourth-order valence-electron chi connectivity index (χ4n) is 2.90. The van der Waals surface area contributed by atoms with E-state index in [4.69, 9.17) is 9.47 Å². The highest BCUT2D eigenvalue weighted by Crippen LogP contribution is 2.43. The topological polar surface area (TPSA) is 68.2 Å². The molecule has 0 unspecified atom stereocenters. The second kappa shape index (κ2) is 6.68. The Bertz CT molecular complexity index is 757. The first-order valence-corrected chi connectivity index (χ1v) is 8.61. The number of aliphatic imine (C=N–C) groups is 1. The zero-order chi connectivity index (χ0) is 17.3. The normalized spacial score (nSPS) is 20.0. The highest BCUT2D eigenvalue weighted by Gasteiger charge is 2.44.